The van der Waals surface area contributed by atoms with Crippen molar-refractivity contribution in [3.8, 4) is 5.75 Å². The van der Waals surface area contributed by atoms with E-state index in [9.17, 15) is 26.4 Å². The molecule has 1 amide bonds. The third kappa shape index (κ3) is 5.65. The fourth-order valence-corrected chi connectivity index (χ4v) is 3.08. The number of carbonyl (C=O) groups excluding carboxylic acids is 1. The molecule has 0 saturated heterocycles. The highest BCUT2D eigenvalue weighted by molar-refractivity contribution is 7.88. The Balaban J connectivity index is 1.97. The van der Waals surface area contributed by atoms with Crippen LogP contribution in [0.15, 0.2) is 83.9 Å². The van der Waals surface area contributed by atoms with Crippen LogP contribution < -0.4 is 9.50 Å². The van der Waals surface area contributed by atoms with Crippen molar-refractivity contribution in [1.29, 1.82) is 0 Å². The molecule has 6 nitrogen and oxygen atoms in total. The molecule has 0 aliphatic carbocycles. The van der Waals surface area contributed by atoms with Gasteiger partial charge in [0, 0.05) is 10.6 Å². The number of hydrogen-bond acceptors (Lipinski definition) is 5. The van der Waals surface area contributed by atoms with Crippen LogP contribution in [-0.2, 0) is 14.9 Å². The van der Waals surface area contributed by atoms with E-state index >= 15 is 0 Å². The Labute approximate surface area is 186 Å². The third-order valence-corrected chi connectivity index (χ3v) is 5.17. The molecule has 0 spiro atoms. The smallest absolute Gasteiger partial charge is 0.374 e. The van der Waals surface area contributed by atoms with Crippen LogP contribution in [0.25, 0.3) is 0 Å². The molecule has 0 bridgehead atoms. The maximum absolute atomic E-state index is 13.0. The average molecular weight is 483 g/mol. The van der Waals surface area contributed by atoms with Crippen LogP contribution in [0, 0.1) is 0 Å². The minimum atomic E-state index is -5.93. The number of amides is 1. The Kier molecular flexibility index (Phi) is 6.85. The van der Waals surface area contributed by atoms with E-state index in [1.54, 1.807) is 54.6 Å². The van der Waals surface area contributed by atoms with Crippen molar-refractivity contribution in [2.45, 2.75) is 5.51 Å². The number of rotatable bonds is 6. The van der Waals surface area contributed by atoms with E-state index in [2.05, 4.69) is 14.5 Å². The van der Waals surface area contributed by atoms with Gasteiger partial charge >= 0.3 is 15.6 Å². The maximum Gasteiger partial charge on any atom is 0.534 e. The Morgan fingerprint density at radius 1 is 0.906 bits per heavy atom. The predicted molar refractivity (Wildman–Crippen MR) is 115 cm³/mol. The van der Waals surface area contributed by atoms with Gasteiger partial charge in [-0.05, 0) is 36.4 Å². The number of alkyl halides is 3. The summed E-state index contributed by atoms with van der Waals surface area (Å²) in [6.07, 6.45) is 0. The van der Waals surface area contributed by atoms with E-state index in [-0.39, 0.29) is 11.4 Å². The first kappa shape index (κ1) is 23.3. The van der Waals surface area contributed by atoms with E-state index in [4.69, 9.17) is 11.6 Å². The number of carbonyl (C=O) groups is 1. The Hall–Kier alpha value is -3.37. The van der Waals surface area contributed by atoms with Crippen molar-refractivity contribution in [3.05, 3.63) is 89.4 Å². The third-order valence-electron chi connectivity index (χ3n) is 3.95. The first-order valence-corrected chi connectivity index (χ1v) is 10.7. The molecule has 1 N–H and O–H groups in total. The molecule has 0 atom stereocenters. The standard InChI is InChI=1S/C21H14ClF3N2O4S/c22-15-10-12-16(13-11-15)26-19(14-6-2-1-3-7-14)20(28)27-17-8-4-5-9-18(17)31-32(29,30)21(23,24)25/h1-13H,(H,27,28). The predicted octanol–water partition coefficient (Wildman–Crippen LogP) is 5.33. The maximum atomic E-state index is 13.0. The molecule has 32 heavy (non-hydrogen) atoms. The fourth-order valence-electron chi connectivity index (χ4n) is 2.48. The summed E-state index contributed by atoms with van der Waals surface area (Å²) < 4.78 is 65.1. The van der Waals surface area contributed by atoms with Crippen LogP contribution in [0.4, 0.5) is 24.5 Å². The molecule has 3 aromatic carbocycles. The van der Waals surface area contributed by atoms with Gasteiger partial charge in [0.15, 0.2) is 5.75 Å². The van der Waals surface area contributed by atoms with Gasteiger partial charge in [-0.15, -0.1) is 0 Å². The van der Waals surface area contributed by atoms with Crippen LogP contribution >= 0.6 is 11.6 Å². The van der Waals surface area contributed by atoms with E-state index < -0.39 is 27.3 Å². The fraction of sp³-hybridized carbons (Fsp3) is 0.0476. The number of halogens is 4. The van der Waals surface area contributed by atoms with Crippen molar-refractivity contribution in [1.82, 2.24) is 0 Å². The normalized spacial score (nSPS) is 12.3. The Morgan fingerprint density at radius 3 is 2.12 bits per heavy atom. The largest absolute Gasteiger partial charge is 0.534 e. The van der Waals surface area contributed by atoms with Gasteiger partial charge in [0.2, 0.25) is 0 Å². The molecule has 166 valence electrons. The zero-order valence-electron chi connectivity index (χ0n) is 16.0. The van der Waals surface area contributed by atoms with Crippen molar-refractivity contribution in [3.63, 3.8) is 0 Å². The van der Waals surface area contributed by atoms with Gasteiger partial charge in [0.25, 0.3) is 5.91 Å². The number of aliphatic imine (C=N–C) groups is 1. The number of benzene rings is 3. The number of nitrogens with one attached hydrogen (secondary N) is 1. The summed E-state index contributed by atoms with van der Waals surface area (Å²) >= 11 is 5.87. The van der Waals surface area contributed by atoms with Crippen LogP contribution in [0.2, 0.25) is 5.02 Å². The lowest BCUT2D eigenvalue weighted by Gasteiger charge is -2.14. The van der Waals surface area contributed by atoms with Crippen molar-refractivity contribution < 1.29 is 30.6 Å². The van der Waals surface area contributed by atoms with Gasteiger partial charge in [-0.2, -0.15) is 21.6 Å². The molecular weight excluding hydrogens is 469 g/mol. The molecule has 0 aliphatic rings. The molecule has 0 unspecified atom stereocenters. The summed E-state index contributed by atoms with van der Waals surface area (Å²) in [5.74, 6) is -1.50. The summed E-state index contributed by atoms with van der Waals surface area (Å²) in [7, 11) is -5.93. The summed E-state index contributed by atoms with van der Waals surface area (Å²) in [5, 5.41) is 2.83. The lowest BCUT2D eigenvalue weighted by molar-refractivity contribution is -0.110. The quantitative estimate of drug-likeness (QED) is 0.292. The summed E-state index contributed by atoms with van der Waals surface area (Å²) in [5.41, 5.74) is -5.17. The lowest BCUT2D eigenvalue weighted by atomic mass is 10.1. The van der Waals surface area contributed by atoms with E-state index in [1.165, 1.54) is 18.2 Å². The second-order valence-electron chi connectivity index (χ2n) is 6.24. The molecule has 0 aliphatic heterocycles. The molecule has 3 rings (SSSR count). The van der Waals surface area contributed by atoms with E-state index in [1.807, 2.05) is 0 Å². The van der Waals surface area contributed by atoms with Crippen molar-refractivity contribution in [2.75, 3.05) is 5.32 Å². The van der Waals surface area contributed by atoms with Crippen LogP contribution in [0.3, 0.4) is 0 Å². The van der Waals surface area contributed by atoms with Gasteiger partial charge in [-0.1, -0.05) is 54.1 Å². The number of nitrogens with zero attached hydrogens (tertiary/aromatic N) is 1. The number of anilines is 1. The summed E-state index contributed by atoms with van der Waals surface area (Å²) in [6, 6.07) is 19.4. The first-order valence-electron chi connectivity index (χ1n) is 8.87. The highest BCUT2D eigenvalue weighted by atomic mass is 35.5. The molecule has 0 aromatic heterocycles. The highest BCUT2D eigenvalue weighted by Gasteiger charge is 2.48. The zero-order valence-corrected chi connectivity index (χ0v) is 17.6. The Morgan fingerprint density at radius 2 is 1.50 bits per heavy atom. The monoisotopic (exact) mass is 482 g/mol. The minimum Gasteiger partial charge on any atom is -0.374 e. The molecule has 0 fully saturated rings. The second kappa shape index (κ2) is 9.41. The van der Waals surface area contributed by atoms with Crippen molar-refractivity contribution >= 4 is 44.7 Å². The number of hydrogen-bond donors (Lipinski definition) is 1. The van der Waals surface area contributed by atoms with E-state index in [0.29, 0.717) is 16.3 Å². The van der Waals surface area contributed by atoms with Crippen LogP contribution in [0.5, 0.6) is 5.75 Å². The topological polar surface area (TPSA) is 84.8 Å². The average Bonchev–Trinajstić information content (AvgIpc) is 2.74. The highest BCUT2D eigenvalue weighted by Crippen LogP contribution is 2.31. The second-order valence-corrected chi connectivity index (χ2v) is 8.21. The molecular formula is C21H14ClF3N2O4S. The number of para-hydroxylation sites is 2. The molecule has 0 radical (unpaired) electrons. The molecule has 11 heteroatoms. The van der Waals surface area contributed by atoms with Crippen molar-refractivity contribution in [2.24, 2.45) is 4.99 Å². The van der Waals surface area contributed by atoms with Gasteiger partial charge in [0.05, 0.1) is 11.4 Å². The van der Waals surface area contributed by atoms with Crippen LogP contribution in [-0.4, -0.2) is 25.5 Å². The molecule has 0 heterocycles. The Bertz CT molecular complexity index is 1250. The van der Waals surface area contributed by atoms with Crippen LogP contribution in [0.1, 0.15) is 5.56 Å². The van der Waals surface area contributed by atoms with E-state index in [0.717, 1.165) is 6.07 Å². The van der Waals surface area contributed by atoms with Gasteiger partial charge in [-0.25, -0.2) is 4.99 Å². The lowest BCUT2D eigenvalue weighted by Crippen LogP contribution is -2.29. The van der Waals surface area contributed by atoms with Gasteiger partial charge in [0.1, 0.15) is 5.71 Å². The SMILES string of the molecule is O=C(Nc1ccccc1OS(=O)(=O)C(F)(F)F)C(=Nc1ccc(Cl)cc1)c1ccccc1. The van der Waals surface area contributed by atoms with Gasteiger partial charge in [-0.3, -0.25) is 4.79 Å². The first-order chi connectivity index (χ1) is 15.1. The summed E-state index contributed by atoms with van der Waals surface area (Å²) in [4.78, 5) is 17.3. The zero-order chi connectivity index (χ0) is 23.4. The molecule has 3 aromatic rings. The minimum absolute atomic E-state index is 0.0681. The molecule has 0 saturated carbocycles. The van der Waals surface area contributed by atoms with Gasteiger partial charge < -0.3 is 9.50 Å². The summed E-state index contributed by atoms with van der Waals surface area (Å²) in [6.45, 7) is 0.